The molecule has 0 spiro atoms. The van der Waals surface area contributed by atoms with E-state index in [9.17, 15) is 14.7 Å². The molecule has 0 unspecified atom stereocenters. The lowest BCUT2D eigenvalue weighted by atomic mass is 9.81. The molecule has 0 atom stereocenters. The summed E-state index contributed by atoms with van der Waals surface area (Å²) in [6.45, 7) is 4.98. The van der Waals surface area contributed by atoms with Crippen LogP contribution in [-0.2, 0) is 0 Å². The maximum absolute atomic E-state index is 13.0. The maximum atomic E-state index is 13.0. The molecule has 136 valence electrons. The molecule has 0 bridgehead atoms. The molecular formula is C23H21NO3. The van der Waals surface area contributed by atoms with Crippen LogP contribution in [0.5, 0.6) is 5.75 Å². The number of phenolic OH excluding ortho intramolecular Hbond substituents is 1. The number of hydrogen-bond donors (Lipinski definition) is 1. The molecule has 0 aromatic heterocycles. The molecule has 27 heavy (non-hydrogen) atoms. The molecule has 1 N–H and O–H groups in total. The van der Waals surface area contributed by atoms with Gasteiger partial charge in [-0.1, -0.05) is 43.0 Å². The summed E-state index contributed by atoms with van der Waals surface area (Å²) in [5.74, 6) is 6.22. The number of piperidine rings is 1. The molecule has 1 saturated heterocycles. The molecule has 2 aliphatic rings. The SMILES string of the molecule is CC1CCN(CC#Cc2ccc(O)c3c2C(=O)c2ccccc2C3=O)CC1. The number of phenols is 1. The van der Waals surface area contributed by atoms with Crippen LogP contribution in [0.4, 0.5) is 0 Å². The van der Waals surface area contributed by atoms with Gasteiger partial charge in [-0.3, -0.25) is 14.5 Å². The van der Waals surface area contributed by atoms with Gasteiger partial charge in [0.15, 0.2) is 11.6 Å². The maximum Gasteiger partial charge on any atom is 0.198 e. The van der Waals surface area contributed by atoms with Crippen LogP contribution in [0.1, 0.15) is 57.2 Å². The highest BCUT2D eigenvalue weighted by Crippen LogP contribution is 2.34. The van der Waals surface area contributed by atoms with Crippen LogP contribution in [0.15, 0.2) is 36.4 Å². The molecule has 2 aromatic rings. The number of fused-ring (bicyclic) bond motifs is 2. The third-order valence-electron chi connectivity index (χ3n) is 5.46. The van der Waals surface area contributed by atoms with Crippen molar-refractivity contribution in [1.82, 2.24) is 4.90 Å². The summed E-state index contributed by atoms with van der Waals surface area (Å²) in [5, 5.41) is 10.2. The first-order valence-corrected chi connectivity index (χ1v) is 9.32. The fourth-order valence-electron chi connectivity index (χ4n) is 3.78. The first-order chi connectivity index (χ1) is 13.1. The van der Waals surface area contributed by atoms with E-state index in [0.717, 1.165) is 19.0 Å². The fraction of sp³-hybridized carbons (Fsp3) is 0.304. The predicted molar refractivity (Wildman–Crippen MR) is 103 cm³/mol. The van der Waals surface area contributed by atoms with E-state index in [2.05, 4.69) is 23.7 Å². The molecular weight excluding hydrogens is 338 g/mol. The Balaban J connectivity index is 1.68. The van der Waals surface area contributed by atoms with Crippen molar-refractivity contribution in [1.29, 1.82) is 0 Å². The average Bonchev–Trinajstić information content (AvgIpc) is 2.68. The summed E-state index contributed by atoms with van der Waals surface area (Å²) in [5.41, 5.74) is 1.49. The predicted octanol–water partition coefficient (Wildman–Crippen LogP) is 3.25. The van der Waals surface area contributed by atoms with E-state index < -0.39 is 0 Å². The van der Waals surface area contributed by atoms with Crippen LogP contribution >= 0.6 is 0 Å². The Labute approximate surface area is 158 Å². The molecule has 2 aromatic carbocycles. The number of hydrogen-bond acceptors (Lipinski definition) is 4. The molecule has 0 amide bonds. The molecule has 1 fully saturated rings. The third-order valence-corrected chi connectivity index (χ3v) is 5.46. The Kier molecular flexibility index (Phi) is 4.55. The Morgan fingerprint density at radius 1 is 1.00 bits per heavy atom. The van der Waals surface area contributed by atoms with Crippen molar-refractivity contribution in [2.75, 3.05) is 19.6 Å². The van der Waals surface area contributed by atoms with E-state index >= 15 is 0 Å². The first kappa shape index (κ1) is 17.5. The van der Waals surface area contributed by atoms with Gasteiger partial charge in [-0.15, -0.1) is 0 Å². The van der Waals surface area contributed by atoms with E-state index in [0.29, 0.717) is 23.2 Å². The Morgan fingerprint density at radius 2 is 1.63 bits per heavy atom. The van der Waals surface area contributed by atoms with E-state index in [1.54, 1.807) is 30.3 Å². The van der Waals surface area contributed by atoms with Gasteiger partial charge in [0, 0.05) is 16.7 Å². The van der Waals surface area contributed by atoms with Crippen molar-refractivity contribution in [3.8, 4) is 17.6 Å². The van der Waals surface area contributed by atoms with Gasteiger partial charge >= 0.3 is 0 Å². The number of carbonyl (C=O) groups excluding carboxylic acids is 2. The van der Waals surface area contributed by atoms with Gasteiger partial charge in [-0.2, -0.15) is 0 Å². The average molecular weight is 359 g/mol. The Hall–Kier alpha value is -2.90. The van der Waals surface area contributed by atoms with Crippen molar-refractivity contribution >= 4 is 11.6 Å². The second kappa shape index (κ2) is 7.02. The zero-order valence-corrected chi connectivity index (χ0v) is 15.3. The molecule has 0 radical (unpaired) electrons. The highest BCUT2D eigenvalue weighted by atomic mass is 16.3. The topological polar surface area (TPSA) is 57.6 Å². The number of carbonyl (C=O) groups is 2. The van der Waals surface area contributed by atoms with E-state index in [-0.39, 0.29) is 28.4 Å². The van der Waals surface area contributed by atoms with Gasteiger partial charge in [-0.25, -0.2) is 0 Å². The number of rotatable bonds is 1. The van der Waals surface area contributed by atoms with Crippen molar-refractivity contribution in [2.24, 2.45) is 5.92 Å². The summed E-state index contributed by atoms with van der Waals surface area (Å²) >= 11 is 0. The lowest BCUT2D eigenvalue weighted by molar-refractivity contribution is 0.0976. The molecule has 1 aliphatic carbocycles. The minimum absolute atomic E-state index is 0.0669. The molecule has 1 heterocycles. The van der Waals surface area contributed by atoms with Gasteiger partial charge in [0.05, 0.1) is 17.7 Å². The number of likely N-dealkylation sites (tertiary alicyclic amines) is 1. The van der Waals surface area contributed by atoms with Crippen LogP contribution in [0.3, 0.4) is 0 Å². The second-order valence-electron chi connectivity index (χ2n) is 7.35. The summed E-state index contributed by atoms with van der Waals surface area (Å²) in [6, 6.07) is 9.79. The first-order valence-electron chi connectivity index (χ1n) is 9.32. The standard InChI is InChI=1S/C23H21NO3/c1-15-10-13-24(14-11-15)12-4-5-16-8-9-19(25)21-20(16)22(26)17-6-2-3-7-18(17)23(21)27/h2-3,6-9,15,25H,10-14H2,1H3. The molecule has 4 nitrogen and oxygen atoms in total. The Bertz CT molecular complexity index is 988. The van der Waals surface area contributed by atoms with Crippen LogP contribution in [0.2, 0.25) is 0 Å². The normalized spacial score (nSPS) is 17.1. The lowest BCUT2D eigenvalue weighted by Gasteiger charge is -2.28. The van der Waals surface area contributed by atoms with Crippen LogP contribution in [0, 0.1) is 17.8 Å². The number of nitrogens with zero attached hydrogens (tertiary/aromatic N) is 1. The van der Waals surface area contributed by atoms with E-state index in [1.807, 2.05) is 0 Å². The van der Waals surface area contributed by atoms with Gasteiger partial charge in [-0.05, 0) is 44.0 Å². The number of ketones is 2. The summed E-state index contributed by atoms with van der Waals surface area (Å²) in [6.07, 6.45) is 2.36. The van der Waals surface area contributed by atoms with Crippen molar-refractivity contribution in [3.05, 3.63) is 64.2 Å². The van der Waals surface area contributed by atoms with E-state index in [4.69, 9.17) is 0 Å². The lowest BCUT2D eigenvalue weighted by Crippen LogP contribution is -2.33. The third kappa shape index (κ3) is 3.15. The molecule has 4 heteroatoms. The minimum Gasteiger partial charge on any atom is -0.507 e. The van der Waals surface area contributed by atoms with Gasteiger partial charge in [0.25, 0.3) is 0 Å². The summed E-state index contributed by atoms with van der Waals surface area (Å²) in [7, 11) is 0. The highest BCUT2D eigenvalue weighted by molar-refractivity contribution is 6.30. The number of aromatic hydroxyl groups is 1. The van der Waals surface area contributed by atoms with Crippen molar-refractivity contribution in [2.45, 2.75) is 19.8 Å². The monoisotopic (exact) mass is 359 g/mol. The molecule has 1 aliphatic heterocycles. The van der Waals surface area contributed by atoms with Crippen LogP contribution < -0.4 is 0 Å². The molecule has 0 saturated carbocycles. The number of benzene rings is 2. The van der Waals surface area contributed by atoms with Crippen LogP contribution in [0.25, 0.3) is 0 Å². The van der Waals surface area contributed by atoms with E-state index in [1.165, 1.54) is 18.9 Å². The Morgan fingerprint density at radius 3 is 2.30 bits per heavy atom. The van der Waals surface area contributed by atoms with Crippen molar-refractivity contribution in [3.63, 3.8) is 0 Å². The molecule has 4 rings (SSSR count). The highest BCUT2D eigenvalue weighted by Gasteiger charge is 2.33. The van der Waals surface area contributed by atoms with Crippen LogP contribution in [-0.4, -0.2) is 41.2 Å². The zero-order chi connectivity index (χ0) is 19.0. The minimum atomic E-state index is -0.327. The van der Waals surface area contributed by atoms with Gasteiger partial charge in [0.1, 0.15) is 5.75 Å². The smallest absolute Gasteiger partial charge is 0.198 e. The summed E-state index contributed by atoms with van der Waals surface area (Å²) < 4.78 is 0. The quantitative estimate of drug-likeness (QED) is 0.678. The second-order valence-corrected chi connectivity index (χ2v) is 7.35. The van der Waals surface area contributed by atoms with Crippen molar-refractivity contribution < 1.29 is 14.7 Å². The zero-order valence-electron chi connectivity index (χ0n) is 15.3. The largest absolute Gasteiger partial charge is 0.507 e. The van der Waals surface area contributed by atoms with Gasteiger partial charge in [0.2, 0.25) is 0 Å². The fourth-order valence-corrected chi connectivity index (χ4v) is 3.78. The van der Waals surface area contributed by atoms with Gasteiger partial charge < -0.3 is 5.11 Å². The summed E-state index contributed by atoms with van der Waals surface area (Å²) in [4.78, 5) is 28.1.